The SMILES string of the molecule is O=C(Cc1cccc(Cl)c1)Cc1ccc2ccccc2c1. The number of hydrogen-bond donors (Lipinski definition) is 0. The molecule has 1 nitrogen and oxygen atoms in total. The van der Waals surface area contributed by atoms with Crippen molar-refractivity contribution in [3.05, 3.63) is 82.9 Å². The predicted octanol–water partition coefficient (Wildman–Crippen LogP) is 4.85. The molecule has 0 spiro atoms. The van der Waals surface area contributed by atoms with E-state index in [1.807, 2.05) is 42.5 Å². The summed E-state index contributed by atoms with van der Waals surface area (Å²) >= 11 is 5.94. The Bertz CT molecular complexity index is 792. The largest absolute Gasteiger partial charge is 0.299 e. The van der Waals surface area contributed by atoms with Crippen LogP contribution in [0.4, 0.5) is 0 Å². The van der Waals surface area contributed by atoms with Crippen molar-refractivity contribution in [1.29, 1.82) is 0 Å². The number of benzene rings is 3. The van der Waals surface area contributed by atoms with Crippen LogP contribution in [0.2, 0.25) is 5.02 Å². The highest BCUT2D eigenvalue weighted by Gasteiger charge is 2.06. The highest BCUT2D eigenvalue weighted by Crippen LogP contribution is 2.17. The molecule has 0 radical (unpaired) electrons. The average Bonchev–Trinajstić information content (AvgIpc) is 2.47. The van der Waals surface area contributed by atoms with E-state index in [2.05, 4.69) is 24.3 Å². The number of halogens is 1. The number of Topliss-reactive ketones (excluding diaryl/α,β-unsaturated/α-hetero) is 1. The summed E-state index contributed by atoms with van der Waals surface area (Å²) in [5.74, 6) is 0.201. The van der Waals surface area contributed by atoms with Gasteiger partial charge in [-0.15, -0.1) is 0 Å². The van der Waals surface area contributed by atoms with Gasteiger partial charge in [0.1, 0.15) is 5.78 Å². The lowest BCUT2D eigenvalue weighted by atomic mass is 10.0. The first-order valence-corrected chi connectivity index (χ1v) is 7.32. The van der Waals surface area contributed by atoms with Gasteiger partial charge in [-0.3, -0.25) is 4.79 Å². The van der Waals surface area contributed by atoms with Crippen LogP contribution in [0.3, 0.4) is 0 Å². The molecular formula is C19H15ClO. The minimum absolute atomic E-state index is 0.201. The molecule has 0 amide bonds. The topological polar surface area (TPSA) is 17.1 Å². The first-order chi connectivity index (χ1) is 10.2. The molecule has 21 heavy (non-hydrogen) atoms. The fraction of sp³-hybridized carbons (Fsp3) is 0.105. The Morgan fingerprint density at radius 2 is 1.48 bits per heavy atom. The van der Waals surface area contributed by atoms with Gasteiger partial charge in [-0.05, 0) is 34.0 Å². The summed E-state index contributed by atoms with van der Waals surface area (Å²) < 4.78 is 0. The second-order valence-corrected chi connectivity index (χ2v) is 5.64. The van der Waals surface area contributed by atoms with Crippen LogP contribution in [0.1, 0.15) is 11.1 Å². The third-order valence-electron chi connectivity index (χ3n) is 3.51. The van der Waals surface area contributed by atoms with E-state index in [9.17, 15) is 4.79 Å². The molecule has 3 aromatic rings. The maximum absolute atomic E-state index is 12.2. The number of carbonyl (C=O) groups excluding carboxylic acids is 1. The van der Waals surface area contributed by atoms with Gasteiger partial charge in [0.25, 0.3) is 0 Å². The monoisotopic (exact) mass is 294 g/mol. The molecule has 0 saturated heterocycles. The fourth-order valence-electron chi connectivity index (χ4n) is 2.51. The summed E-state index contributed by atoms with van der Waals surface area (Å²) in [6.07, 6.45) is 0.880. The molecular weight excluding hydrogens is 280 g/mol. The van der Waals surface area contributed by atoms with Gasteiger partial charge in [0, 0.05) is 17.9 Å². The predicted molar refractivity (Wildman–Crippen MR) is 87.8 cm³/mol. The quantitative estimate of drug-likeness (QED) is 0.672. The van der Waals surface area contributed by atoms with Gasteiger partial charge in [0.05, 0.1) is 0 Å². The summed E-state index contributed by atoms with van der Waals surface area (Å²) in [6.45, 7) is 0. The van der Waals surface area contributed by atoms with E-state index in [4.69, 9.17) is 11.6 Å². The van der Waals surface area contributed by atoms with E-state index >= 15 is 0 Å². The van der Waals surface area contributed by atoms with Crippen LogP contribution >= 0.6 is 11.6 Å². The van der Waals surface area contributed by atoms with Crippen LogP contribution in [-0.2, 0) is 17.6 Å². The Balaban J connectivity index is 1.74. The van der Waals surface area contributed by atoms with Crippen LogP contribution in [0, 0.1) is 0 Å². The lowest BCUT2D eigenvalue weighted by Gasteiger charge is -2.04. The third-order valence-corrected chi connectivity index (χ3v) is 3.74. The smallest absolute Gasteiger partial charge is 0.141 e. The van der Waals surface area contributed by atoms with Crippen LogP contribution in [0.25, 0.3) is 10.8 Å². The highest BCUT2D eigenvalue weighted by molar-refractivity contribution is 6.30. The summed E-state index contributed by atoms with van der Waals surface area (Å²) in [4.78, 5) is 12.2. The first-order valence-electron chi connectivity index (χ1n) is 6.94. The average molecular weight is 295 g/mol. The van der Waals surface area contributed by atoms with Gasteiger partial charge in [-0.2, -0.15) is 0 Å². The van der Waals surface area contributed by atoms with Crippen molar-refractivity contribution >= 4 is 28.2 Å². The Labute approximate surface area is 129 Å². The van der Waals surface area contributed by atoms with Crippen LogP contribution in [-0.4, -0.2) is 5.78 Å². The minimum Gasteiger partial charge on any atom is -0.299 e. The molecule has 0 heterocycles. The molecule has 0 aliphatic rings. The van der Waals surface area contributed by atoms with Gasteiger partial charge < -0.3 is 0 Å². The Morgan fingerprint density at radius 1 is 0.762 bits per heavy atom. The zero-order valence-electron chi connectivity index (χ0n) is 11.6. The Kier molecular flexibility index (Phi) is 4.03. The van der Waals surface area contributed by atoms with Crippen molar-refractivity contribution in [3.8, 4) is 0 Å². The molecule has 0 aliphatic carbocycles. The van der Waals surface area contributed by atoms with E-state index in [1.165, 1.54) is 10.8 Å². The second kappa shape index (κ2) is 6.11. The lowest BCUT2D eigenvalue weighted by Crippen LogP contribution is -2.06. The van der Waals surface area contributed by atoms with Crippen molar-refractivity contribution in [2.24, 2.45) is 0 Å². The van der Waals surface area contributed by atoms with Crippen LogP contribution in [0.5, 0.6) is 0 Å². The molecule has 0 atom stereocenters. The molecule has 0 fully saturated rings. The van der Waals surface area contributed by atoms with Crippen molar-refractivity contribution < 1.29 is 4.79 Å². The molecule has 2 heteroatoms. The molecule has 3 aromatic carbocycles. The fourth-order valence-corrected chi connectivity index (χ4v) is 2.73. The minimum atomic E-state index is 0.201. The maximum atomic E-state index is 12.2. The highest BCUT2D eigenvalue weighted by atomic mass is 35.5. The van der Waals surface area contributed by atoms with Gasteiger partial charge in [0.2, 0.25) is 0 Å². The standard InChI is InChI=1S/C19H15ClO/c20-18-7-3-4-14(11-18)12-19(21)13-15-8-9-16-5-1-2-6-17(16)10-15/h1-11H,12-13H2. The van der Waals surface area contributed by atoms with Gasteiger partial charge in [0.15, 0.2) is 0 Å². The summed E-state index contributed by atoms with van der Waals surface area (Å²) in [6, 6.07) is 21.8. The van der Waals surface area contributed by atoms with Crippen LogP contribution in [0.15, 0.2) is 66.7 Å². The zero-order valence-corrected chi connectivity index (χ0v) is 12.3. The first kappa shape index (κ1) is 13.8. The lowest BCUT2D eigenvalue weighted by molar-refractivity contribution is -0.117. The molecule has 0 unspecified atom stereocenters. The summed E-state index contributed by atoms with van der Waals surface area (Å²) in [5.41, 5.74) is 2.02. The van der Waals surface area contributed by atoms with Crippen molar-refractivity contribution in [2.75, 3.05) is 0 Å². The van der Waals surface area contributed by atoms with Gasteiger partial charge >= 0.3 is 0 Å². The Morgan fingerprint density at radius 3 is 2.24 bits per heavy atom. The summed E-state index contributed by atoms with van der Waals surface area (Å²) in [7, 11) is 0. The molecule has 0 aromatic heterocycles. The third kappa shape index (κ3) is 3.50. The van der Waals surface area contributed by atoms with E-state index in [1.54, 1.807) is 0 Å². The molecule has 0 N–H and O–H groups in total. The van der Waals surface area contributed by atoms with E-state index in [-0.39, 0.29) is 5.78 Å². The molecule has 0 bridgehead atoms. The van der Waals surface area contributed by atoms with E-state index in [0.29, 0.717) is 17.9 Å². The second-order valence-electron chi connectivity index (χ2n) is 5.20. The number of ketones is 1. The number of carbonyl (C=O) groups is 1. The van der Waals surface area contributed by atoms with Crippen molar-refractivity contribution in [3.63, 3.8) is 0 Å². The maximum Gasteiger partial charge on any atom is 0.141 e. The van der Waals surface area contributed by atoms with E-state index in [0.717, 1.165) is 11.1 Å². The number of hydrogen-bond acceptors (Lipinski definition) is 1. The number of fused-ring (bicyclic) bond motifs is 1. The molecule has 104 valence electrons. The van der Waals surface area contributed by atoms with Gasteiger partial charge in [-0.1, -0.05) is 66.2 Å². The normalized spacial score (nSPS) is 10.7. The van der Waals surface area contributed by atoms with Crippen LogP contribution < -0.4 is 0 Å². The zero-order chi connectivity index (χ0) is 14.7. The van der Waals surface area contributed by atoms with Crippen molar-refractivity contribution in [1.82, 2.24) is 0 Å². The van der Waals surface area contributed by atoms with Crippen molar-refractivity contribution in [2.45, 2.75) is 12.8 Å². The molecule has 0 aliphatic heterocycles. The van der Waals surface area contributed by atoms with E-state index < -0.39 is 0 Å². The number of rotatable bonds is 4. The van der Waals surface area contributed by atoms with Gasteiger partial charge in [-0.25, -0.2) is 0 Å². The molecule has 3 rings (SSSR count). The Hall–Kier alpha value is -2.12. The molecule has 0 saturated carbocycles. The summed E-state index contributed by atoms with van der Waals surface area (Å²) in [5, 5.41) is 3.04.